The van der Waals surface area contributed by atoms with Gasteiger partial charge in [-0.15, -0.1) is 0 Å². The number of hydrogen-bond donors (Lipinski definition) is 2. The Balaban J connectivity index is 2.00. The number of H-pyrrole nitrogens is 1. The number of esters is 2. The predicted molar refractivity (Wildman–Crippen MR) is 104 cm³/mol. The lowest BCUT2D eigenvalue weighted by Crippen LogP contribution is -2.31. The lowest BCUT2D eigenvalue weighted by atomic mass is 10.1. The van der Waals surface area contributed by atoms with Gasteiger partial charge in [-0.1, -0.05) is 6.07 Å². The summed E-state index contributed by atoms with van der Waals surface area (Å²) >= 11 is 0. The molecule has 0 aliphatic rings. The van der Waals surface area contributed by atoms with Crippen molar-refractivity contribution < 1.29 is 32.6 Å². The fourth-order valence-corrected chi connectivity index (χ4v) is 2.95. The number of aromatic nitrogens is 1. The predicted octanol–water partition coefficient (Wildman–Crippen LogP) is 3.51. The van der Waals surface area contributed by atoms with Crippen LogP contribution in [0.2, 0.25) is 0 Å². The van der Waals surface area contributed by atoms with E-state index in [2.05, 4.69) is 10.3 Å². The van der Waals surface area contributed by atoms with E-state index in [1.807, 2.05) is 0 Å². The van der Waals surface area contributed by atoms with Crippen molar-refractivity contribution in [1.82, 2.24) is 10.3 Å². The van der Waals surface area contributed by atoms with Crippen molar-refractivity contribution >= 4 is 17.8 Å². The third-order valence-electron chi connectivity index (χ3n) is 4.33. The summed E-state index contributed by atoms with van der Waals surface area (Å²) in [4.78, 5) is 39.4. The number of carbonyl (C=O) groups is 3. The first-order valence-electron chi connectivity index (χ1n) is 9.32. The standard InChI is InChI=1S/C21H24F2N2O5/c1-10(2)30-20(27)18-11(3)19(25-13(18)5)21(28)29-9-17(26)24-12(4)15-7-6-14(22)8-16(15)23/h6-8,10,12,25H,9H2,1-5H3,(H,24,26)/t12-/m1/s1. The number of aromatic amines is 1. The lowest BCUT2D eigenvalue weighted by Gasteiger charge is -2.15. The molecular formula is C21H24F2N2O5. The Hall–Kier alpha value is -3.23. The highest BCUT2D eigenvalue weighted by Gasteiger charge is 2.25. The molecule has 0 radical (unpaired) electrons. The Labute approximate surface area is 172 Å². The van der Waals surface area contributed by atoms with Crippen LogP contribution < -0.4 is 5.32 Å². The van der Waals surface area contributed by atoms with Crippen molar-refractivity contribution in [3.8, 4) is 0 Å². The summed E-state index contributed by atoms with van der Waals surface area (Å²) in [6, 6.07) is 2.27. The van der Waals surface area contributed by atoms with E-state index in [0.29, 0.717) is 11.3 Å². The summed E-state index contributed by atoms with van der Waals surface area (Å²) < 4.78 is 37.0. The monoisotopic (exact) mass is 422 g/mol. The van der Waals surface area contributed by atoms with Crippen molar-refractivity contribution in [1.29, 1.82) is 0 Å². The van der Waals surface area contributed by atoms with Crippen LogP contribution in [0, 0.1) is 25.5 Å². The Kier molecular flexibility index (Phi) is 7.31. The number of amides is 1. The SMILES string of the molecule is Cc1[nH]c(C(=O)OCC(=O)N[C@H](C)c2ccc(F)cc2F)c(C)c1C(=O)OC(C)C. The Bertz CT molecular complexity index is 969. The van der Waals surface area contributed by atoms with Gasteiger partial charge in [0.2, 0.25) is 0 Å². The Morgan fingerprint density at radius 1 is 1.10 bits per heavy atom. The maximum Gasteiger partial charge on any atom is 0.355 e. The highest BCUT2D eigenvalue weighted by Crippen LogP contribution is 2.21. The zero-order valence-corrected chi connectivity index (χ0v) is 17.4. The van der Waals surface area contributed by atoms with Gasteiger partial charge in [-0.05, 0) is 46.2 Å². The molecule has 0 saturated heterocycles. The van der Waals surface area contributed by atoms with Gasteiger partial charge in [0.25, 0.3) is 5.91 Å². The molecule has 0 aliphatic heterocycles. The fraction of sp³-hybridized carbons (Fsp3) is 0.381. The van der Waals surface area contributed by atoms with Gasteiger partial charge in [0, 0.05) is 17.3 Å². The molecule has 1 aromatic heterocycles. The number of nitrogens with one attached hydrogen (secondary N) is 2. The number of rotatable bonds is 7. The number of hydrogen-bond acceptors (Lipinski definition) is 5. The smallest absolute Gasteiger partial charge is 0.355 e. The molecule has 0 aliphatic carbocycles. The summed E-state index contributed by atoms with van der Waals surface area (Å²) in [7, 11) is 0. The minimum absolute atomic E-state index is 0.0358. The number of halogens is 2. The van der Waals surface area contributed by atoms with Crippen LogP contribution in [0.25, 0.3) is 0 Å². The van der Waals surface area contributed by atoms with Crippen LogP contribution in [0.1, 0.15) is 64.5 Å². The fourth-order valence-electron chi connectivity index (χ4n) is 2.95. The van der Waals surface area contributed by atoms with Gasteiger partial charge < -0.3 is 19.8 Å². The maximum absolute atomic E-state index is 13.8. The van der Waals surface area contributed by atoms with Crippen LogP contribution in [-0.2, 0) is 14.3 Å². The molecule has 0 bridgehead atoms. The van der Waals surface area contributed by atoms with E-state index in [-0.39, 0.29) is 22.9 Å². The minimum atomic E-state index is -0.824. The topological polar surface area (TPSA) is 97.5 Å². The lowest BCUT2D eigenvalue weighted by molar-refractivity contribution is -0.124. The molecule has 2 aromatic rings. The van der Waals surface area contributed by atoms with E-state index in [9.17, 15) is 23.2 Å². The van der Waals surface area contributed by atoms with E-state index >= 15 is 0 Å². The summed E-state index contributed by atoms with van der Waals surface area (Å²) in [5.41, 5.74) is 1.16. The van der Waals surface area contributed by atoms with Crippen LogP contribution in [0.15, 0.2) is 18.2 Å². The van der Waals surface area contributed by atoms with Crippen molar-refractivity contribution in [3.63, 3.8) is 0 Å². The second-order valence-corrected chi connectivity index (χ2v) is 7.11. The first-order chi connectivity index (χ1) is 14.0. The Morgan fingerprint density at radius 2 is 1.77 bits per heavy atom. The average Bonchev–Trinajstić information content (AvgIpc) is 2.93. The molecule has 0 fully saturated rings. The van der Waals surface area contributed by atoms with Gasteiger partial charge in [-0.25, -0.2) is 18.4 Å². The van der Waals surface area contributed by atoms with Crippen molar-refractivity contribution in [2.45, 2.75) is 46.8 Å². The molecule has 30 heavy (non-hydrogen) atoms. The van der Waals surface area contributed by atoms with E-state index in [4.69, 9.17) is 9.47 Å². The summed E-state index contributed by atoms with van der Waals surface area (Å²) in [5, 5.41) is 2.47. The van der Waals surface area contributed by atoms with Crippen LogP contribution >= 0.6 is 0 Å². The van der Waals surface area contributed by atoms with Gasteiger partial charge in [-0.2, -0.15) is 0 Å². The molecule has 7 nitrogen and oxygen atoms in total. The van der Waals surface area contributed by atoms with Gasteiger partial charge >= 0.3 is 11.9 Å². The van der Waals surface area contributed by atoms with Crippen LogP contribution in [-0.4, -0.2) is 35.5 Å². The highest BCUT2D eigenvalue weighted by atomic mass is 19.1. The Morgan fingerprint density at radius 3 is 2.37 bits per heavy atom. The van der Waals surface area contributed by atoms with Gasteiger partial charge in [0.05, 0.1) is 17.7 Å². The van der Waals surface area contributed by atoms with Crippen molar-refractivity contribution in [2.24, 2.45) is 0 Å². The van der Waals surface area contributed by atoms with Gasteiger partial charge in [0.1, 0.15) is 17.3 Å². The van der Waals surface area contributed by atoms with E-state index in [1.165, 1.54) is 13.0 Å². The molecule has 2 N–H and O–H groups in total. The molecule has 162 valence electrons. The zero-order valence-electron chi connectivity index (χ0n) is 17.4. The first kappa shape index (κ1) is 23.1. The zero-order chi connectivity index (χ0) is 22.6. The van der Waals surface area contributed by atoms with Gasteiger partial charge in [-0.3, -0.25) is 4.79 Å². The number of benzene rings is 1. The number of aryl methyl sites for hydroxylation is 1. The third-order valence-corrected chi connectivity index (χ3v) is 4.33. The van der Waals surface area contributed by atoms with E-state index in [0.717, 1.165) is 12.1 Å². The van der Waals surface area contributed by atoms with Crippen LogP contribution in [0.5, 0.6) is 0 Å². The van der Waals surface area contributed by atoms with Crippen LogP contribution in [0.3, 0.4) is 0 Å². The largest absolute Gasteiger partial charge is 0.459 e. The molecule has 0 spiro atoms. The van der Waals surface area contributed by atoms with E-state index < -0.39 is 42.1 Å². The number of carbonyl (C=O) groups excluding carboxylic acids is 3. The second-order valence-electron chi connectivity index (χ2n) is 7.11. The minimum Gasteiger partial charge on any atom is -0.459 e. The molecule has 0 saturated carbocycles. The molecule has 0 unspecified atom stereocenters. The second kappa shape index (κ2) is 9.51. The molecule has 1 heterocycles. The van der Waals surface area contributed by atoms with Gasteiger partial charge in [0.15, 0.2) is 6.61 Å². The van der Waals surface area contributed by atoms with Crippen molar-refractivity contribution in [2.75, 3.05) is 6.61 Å². The highest BCUT2D eigenvalue weighted by molar-refractivity contribution is 5.99. The quantitative estimate of drug-likeness (QED) is 0.666. The van der Waals surface area contributed by atoms with E-state index in [1.54, 1.807) is 27.7 Å². The summed E-state index contributed by atoms with van der Waals surface area (Å²) in [5.74, 6) is -3.58. The molecule has 1 amide bonds. The summed E-state index contributed by atoms with van der Waals surface area (Å²) in [6.07, 6.45) is -0.321. The average molecular weight is 422 g/mol. The molecule has 1 aromatic carbocycles. The normalized spacial score (nSPS) is 11.9. The van der Waals surface area contributed by atoms with Crippen LogP contribution in [0.4, 0.5) is 8.78 Å². The summed E-state index contributed by atoms with van der Waals surface area (Å²) in [6.45, 7) is 7.50. The third kappa shape index (κ3) is 5.43. The molecule has 1 atom stereocenters. The maximum atomic E-state index is 13.8. The number of ether oxygens (including phenoxy) is 2. The molecular weight excluding hydrogens is 398 g/mol. The van der Waals surface area contributed by atoms with Crippen molar-refractivity contribution in [3.05, 3.63) is 57.9 Å². The molecule has 9 heteroatoms. The molecule has 2 rings (SSSR count). The first-order valence-corrected chi connectivity index (χ1v) is 9.32.